The first-order valence-electron chi connectivity index (χ1n) is 7.99. The van der Waals surface area contributed by atoms with Crippen molar-refractivity contribution in [3.63, 3.8) is 0 Å². The monoisotopic (exact) mass is 345 g/mol. The molecule has 0 spiro atoms. The Kier molecular flexibility index (Phi) is 4.91. The minimum Gasteiger partial charge on any atom is -0.384 e. The van der Waals surface area contributed by atoms with Crippen LogP contribution in [0.2, 0.25) is 0 Å². The molecule has 0 saturated carbocycles. The molecule has 0 atom stereocenters. The van der Waals surface area contributed by atoms with E-state index in [1.54, 1.807) is 24.0 Å². The van der Waals surface area contributed by atoms with Crippen LogP contribution in [0.4, 0.5) is 11.8 Å². The lowest BCUT2D eigenvalue weighted by Gasteiger charge is -2.29. The van der Waals surface area contributed by atoms with E-state index < -0.39 is 0 Å². The number of morpholine rings is 1. The Hall–Kier alpha value is -1.86. The van der Waals surface area contributed by atoms with Gasteiger partial charge in [-0.1, -0.05) is 0 Å². The summed E-state index contributed by atoms with van der Waals surface area (Å²) in [4.78, 5) is 16.0. The van der Waals surface area contributed by atoms with E-state index in [1.165, 1.54) is 0 Å². The lowest BCUT2D eigenvalue weighted by Crippen LogP contribution is -2.37. The van der Waals surface area contributed by atoms with Gasteiger partial charge in [0, 0.05) is 24.8 Å². The van der Waals surface area contributed by atoms with E-state index in [2.05, 4.69) is 30.0 Å². The Morgan fingerprint density at radius 1 is 1.21 bits per heavy atom. The number of nitrogens with zero attached hydrogens (tertiary/aromatic N) is 4. The summed E-state index contributed by atoms with van der Waals surface area (Å²) < 4.78 is 5.35. The fraction of sp³-hybridized carbons (Fsp3) is 0.471. The number of hydrogen-bond donors (Lipinski definition) is 1. The molecule has 3 heterocycles. The Morgan fingerprint density at radius 3 is 2.58 bits per heavy atom. The maximum atomic E-state index is 5.70. The summed E-state index contributed by atoms with van der Waals surface area (Å²) in [7, 11) is 0. The van der Waals surface area contributed by atoms with Gasteiger partial charge in [-0.15, -0.1) is 0 Å². The molecule has 0 radical (unpaired) electrons. The van der Waals surface area contributed by atoms with E-state index in [-0.39, 0.29) is 4.75 Å². The topological polar surface area (TPSA) is 77.2 Å². The van der Waals surface area contributed by atoms with E-state index in [1.807, 2.05) is 12.1 Å². The zero-order valence-corrected chi connectivity index (χ0v) is 15.1. The molecule has 0 aliphatic carbocycles. The third-order valence-corrected chi connectivity index (χ3v) is 5.45. The van der Waals surface area contributed by atoms with Gasteiger partial charge in [-0.05, 0) is 38.3 Å². The number of nitrogens with two attached hydrogens (primary N) is 1. The van der Waals surface area contributed by atoms with Gasteiger partial charge in [-0.3, -0.25) is 0 Å². The van der Waals surface area contributed by atoms with Crippen LogP contribution in [0.3, 0.4) is 0 Å². The van der Waals surface area contributed by atoms with Crippen LogP contribution in [-0.2, 0) is 9.48 Å². The number of nitrogen functional groups attached to an aromatic ring is 1. The Labute approximate surface area is 146 Å². The lowest BCUT2D eigenvalue weighted by molar-refractivity contribution is 0.122. The summed E-state index contributed by atoms with van der Waals surface area (Å²) in [6.07, 6.45) is 3.86. The summed E-state index contributed by atoms with van der Waals surface area (Å²) in [6.45, 7) is 7.38. The van der Waals surface area contributed by atoms with Gasteiger partial charge in [-0.2, -0.15) is 11.8 Å². The fourth-order valence-corrected chi connectivity index (χ4v) is 2.77. The summed E-state index contributed by atoms with van der Waals surface area (Å²) in [6, 6.07) is 5.79. The first-order valence-corrected chi connectivity index (χ1v) is 9.21. The maximum Gasteiger partial charge on any atom is 0.226 e. The smallest absolute Gasteiger partial charge is 0.226 e. The van der Waals surface area contributed by atoms with Crippen LogP contribution >= 0.6 is 11.8 Å². The molecule has 1 aliphatic rings. The van der Waals surface area contributed by atoms with Crippen molar-refractivity contribution in [2.75, 3.05) is 43.2 Å². The summed E-state index contributed by atoms with van der Waals surface area (Å²) in [5, 5.41) is 0. The summed E-state index contributed by atoms with van der Waals surface area (Å²) in [5.41, 5.74) is 8.53. The molecule has 0 amide bonds. The molecule has 1 aliphatic heterocycles. The molecule has 2 aromatic heterocycles. The molecule has 2 aromatic rings. The minimum absolute atomic E-state index is 0.0973. The van der Waals surface area contributed by atoms with Gasteiger partial charge in [0.25, 0.3) is 0 Å². The number of rotatable bonds is 4. The van der Waals surface area contributed by atoms with Crippen LogP contribution in [-0.4, -0.2) is 47.5 Å². The normalized spacial score (nSPS) is 15.5. The minimum atomic E-state index is -0.0973. The molecule has 0 unspecified atom stereocenters. The second kappa shape index (κ2) is 6.94. The molecule has 128 valence electrons. The van der Waals surface area contributed by atoms with Gasteiger partial charge >= 0.3 is 0 Å². The van der Waals surface area contributed by atoms with Gasteiger partial charge in [0.05, 0.1) is 29.3 Å². The zero-order valence-electron chi connectivity index (χ0n) is 14.3. The Balaban J connectivity index is 2.06. The molecule has 7 heteroatoms. The van der Waals surface area contributed by atoms with E-state index >= 15 is 0 Å². The predicted molar refractivity (Wildman–Crippen MR) is 99.2 cm³/mol. The fourth-order valence-electron chi connectivity index (χ4n) is 2.46. The molecule has 1 saturated heterocycles. The highest BCUT2D eigenvalue weighted by atomic mass is 32.2. The third-order valence-electron chi connectivity index (χ3n) is 4.22. The molecule has 2 N–H and O–H groups in total. The SMILES string of the molecule is CSC(C)(C)c1cc(-c2ccc(N)nc2)nc(N2CCOCC2)n1. The first kappa shape index (κ1) is 17.0. The van der Waals surface area contributed by atoms with E-state index in [4.69, 9.17) is 20.4 Å². The van der Waals surface area contributed by atoms with Crippen molar-refractivity contribution in [3.05, 3.63) is 30.1 Å². The highest BCUT2D eigenvalue weighted by molar-refractivity contribution is 7.99. The number of hydrogen-bond acceptors (Lipinski definition) is 7. The van der Waals surface area contributed by atoms with Gasteiger partial charge in [0.2, 0.25) is 5.95 Å². The van der Waals surface area contributed by atoms with Gasteiger partial charge in [-0.25, -0.2) is 15.0 Å². The Morgan fingerprint density at radius 2 is 1.96 bits per heavy atom. The van der Waals surface area contributed by atoms with Crippen molar-refractivity contribution < 1.29 is 4.74 Å². The summed E-state index contributed by atoms with van der Waals surface area (Å²) in [5.74, 6) is 1.26. The van der Waals surface area contributed by atoms with Gasteiger partial charge in [0.1, 0.15) is 5.82 Å². The molecule has 24 heavy (non-hydrogen) atoms. The largest absolute Gasteiger partial charge is 0.384 e. The maximum absolute atomic E-state index is 5.70. The van der Waals surface area contributed by atoms with Crippen LogP contribution in [0.1, 0.15) is 19.5 Å². The van der Waals surface area contributed by atoms with Crippen molar-refractivity contribution in [2.45, 2.75) is 18.6 Å². The van der Waals surface area contributed by atoms with E-state index in [0.29, 0.717) is 19.0 Å². The third kappa shape index (κ3) is 3.62. The van der Waals surface area contributed by atoms with Gasteiger partial charge < -0.3 is 15.4 Å². The number of anilines is 2. The highest BCUT2D eigenvalue weighted by Crippen LogP contribution is 2.35. The average Bonchev–Trinajstić information content (AvgIpc) is 2.62. The molecular weight excluding hydrogens is 322 g/mol. The second-order valence-corrected chi connectivity index (χ2v) is 7.65. The molecule has 6 nitrogen and oxygen atoms in total. The van der Waals surface area contributed by atoms with Crippen LogP contribution in [0, 0.1) is 0 Å². The molecule has 3 rings (SSSR count). The predicted octanol–water partition coefficient (Wildman–Crippen LogP) is 2.56. The van der Waals surface area contributed by atoms with Crippen molar-refractivity contribution in [1.29, 1.82) is 0 Å². The number of ether oxygens (including phenoxy) is 1. The molecule has 0 aromatic carbocycles. The average molecular weight is 345 g/mol. The number of aromatic nitrogens is 3. The van der Waals surface area contributed by atoms with Crippen molar-refractivity contribution in [2.24, 2.45) is 0 Å². The second-order valence-electron chi connectivity index (χ2n) is 6.22. The van der Waals surface area contributed by atoms with Crippen molar-refractivity contribution >= 4 is 23.5 Å². The molecular formula is C17H23N5OS. The lowest BCUT2D eigenvalue weighted by atomic mass is 10.1. The summed E-state index contributed by atoms with van der Waals surface area (Å²) >= 11 is 1.77. The van der Waals surface area contributed by atoms with E-state index in [9.17, 15) is 0 Å². The number of thioether (sulfide) groups is 1. The van der Waals surface area contributed by atoms with Crippen LogP contribution < -0.4 is 10.6 Å². The van der Waals surface area contributed by atoms with Crippen LogP contribution in [0.25, 0.3) is 11.3 Å². The van der Waals surface area contributed by atoms with E-state index in [0.717, 1.165) is 36.0 Å². The molecule has 0 bridgehead atoms. The number of pyridine rings is 1. The quantitative estimate of drug-likeness (QED) is 0.912. The Bertz CT molecular complexity index is 699. The molecule has 1 fully saturated rings. The van der Waals surface area contributed by atoms with Crippen molar-refractivity contribution in [1.82, 2.24) is 15.0 Å². The first-order chi connectivity index (χ1) is 11.5. The standard InChI is InChI=1S/C17H23N5OS/c1-17(2,24-3)14-10-13(12-4-5-15(18)19-11-12)20-16(21-14)22-6-8-23-9-7-22/h4-5,10-11H,6-9H2,1-3H3,(H2,18,19). The highest BCUT2D eigenvalue weighted by Gasteiger charge is 2.25. The van der Waals surface area contributed by atoms with Gasteiger partial charge in [0.15, 0.2) is 0 Å². The zero-order chi connectivity index (χ0) is 17.2. The van der Waals surface area contributed by atoms with Crippen LogP contribution in [0.5, 0.6) is 0 Å². The van der Waals surface area contributed by atoms with Crippen LogP contribution in [0.15, 0.2) is 24.4 Å². The van der Waals surface area contributed by atoms with Crippen molar-refractivity contribution in [3.8, 4) is 11.3 Å².